The first-order valence-corrected chi connectivity index (χ1v) is 5.53. The first-order chi connectivity index (χ1) is 7.46. The van der Waals surface area contributed by atoms with Gasteiger partial charge in [-0.15, -0.1) is 0 Å². The highest BCUT2D eigenvalue weighted by Crippen LogP contribution is 2.14. The van der Waals surface area contributed by atoms with Crippen LogP contribution in [-0.2, 0) is 9.53 Å². The SMILES string of the molecule is CCC(CO)(CO)NC(C)C(C)C(=O)OC. The predicted octanol–water partition coefficient (Wildman–Crippen LogP) is -0.0930. The van der Waals surface area contributed by atoms with Gasteiger partial charge >= 0.3 is 5.97 Å². The molecule has 2 unspecified atom stereocenters. The number of aliphatic hydroxyl groups is 2. The van der Waals surface area contributed by atoms with Crippen molar-refractivity contribution < 1.29 is 19.7 Å². The molecule has 0 saturated heterocycles. The number of aliphatic hydroxyl groups excluding tert-OH is 2. The quantitative estimate of drug-likeness (QED) is 0.535. The minimum atomic E-state index is -0.734. The summed E-state index contributed by atoms with van der Waals surface area (Å²) in [6.07, 6.45) is 0.582. The fraction of sp³-hybridized carbons (Fsp3) is 0.909. The lowest BCUT2D eigenvalue weighted by Crippen LogP contribution is -2.56. The van der Waals surface area contributed by atoms with Crippen molar-refractivity contribution in [2.24, 2.45) is 5.92 Å². The van der Waals surface area contributed by atoms with Gasteiger partial charge < -0.3 is 20.3 Å². The normalized spacial score (nSPS) is 15.6. The van der Waals surface area contributed by atoms with Gasteiger partial charge in [0.1, 0.15) is 0 Å². The highest BCUT2D eigenvalue weighted by Gasteiger charge is 2.31. The third kappa shape index (κ3) is 3.73. The molecule has 16 heavy (non-hydrogen) atoms. The lowest BCUT2D eigenvalue weighted by Gasteiger charge is -2.34. The molecule has 0 radical (unpaired) electrons. The van der Waals surface area contributed by atoms with E-state index in [-0.39, 0.29) is 31.1 Å². The summed E-state index contributed by atoms with van der Waals surface area (Å²) in [7, 11) is 1.34. The van der Waals surface area contributed by atoms with Gasteiger partial charge in [0.05, 0.1) is 31.8 Å². The predicted molar refractivity (Wildman–Crippen MR) is 61.0 cm³/mol. The van der Waals surface area contributed by atoms with Gasteiger partial charge in [-0.3, -0.25) is 4.79 Å². The molecule has 0 aromatic carbocycles. The standard InChI is InChI=1S/C11H23NO4/c1-5-11(6-13,7-14)12-9(3)8(2)10(15)16-4/h8-9,12-14H,5-7H2,1-4H3. The summed E-state index contributed by atoms with van der Waals surface area (Å²) >= 11 is 0. The van der Waals surface area contributed by atoms with Crippen LogP contribution < -0.4 is 5.32 Å². The van der Waals surface area contributed by atoms with Gasteiger partial charge in [0.15, 0.2) is 0 Å². The van der Waals surface area contributed by atoms with E-state index >= 15 is 0 Å². The van der Waals surface area contributed by atoms with Crippen LogP contribution in [0.5, 0.6) is 0 Å². The van der Waals surface area contributed by atoms with E-state index in [0.717, 1.165) is 0 Å². The molecule has 0 spiro atoms. The van der Waals surface area contributed by atoms with Crippen LogP contribution in [0.2, 0.25) is 0 Å². The molecule has 3 N–H and O–H groups in total. The van der Waals surface area contributed by atoms with Gasteiger partial charge in [-0.1, -0.05) is 13.8 Å². The fourth-order valence-corrected chi connectivity index (χ4v) is 1.46. The monoisotopic (exact) mass is 233 g/mol. The van der Waals surface area contributed by atoms with Gasteiger partial charge in [-0.25, -0.2) is 0 Å². The summed E-state index contributed by atoms with van der Waals surface area (Å²) in [5.74, 6) is -0.630. The van der Waals surface area contributed by atoms with Crippen LogP contribution >= 0.6 is 0 Å². The molecular weight excluding hydrogens is 210 g/mol. The molecular formula is C11H23NO4. The number of ether oxygens (including phenoxy) is 1. The van der Waals surface area contributed by atoms with E-state index in [1.54, 1.807) is 6.92 Å². The van der Waals surface area contributed by atoms with Gasteiger partial charge in [-0.05, 0) is 13.3 Å². The van der Waals surface area contributed by atoms with Crippen LogP contribution in [0.3, 0.4) is 0 Å². The number of esters is 1. The molecule has 0 aliphatic rings. The number of nitrogens with one attached hydrogen (secondary N) is 1. The van der Waals surface area contributed by atoms with Crippen molar-refractivity contribution in [3.63, 3.8) is 0 Å². The van der Waals surface area contributed by atoms with Gasteiger partial charge in [0, 0.05) is 6.04 Å². The fourth-order valence-electron chi connectivity index (χ4n) is 1.46. The molecule has 0 aromatic heterocycles. The molecule has 5 heteroatoms. The number of carbonyl (C=O) groups is 1. The zero-order valence-electron chi connectivity index (χ0n) is 10.5. The van der Waals surface area contributed by atoms with Gasteiger partial charge in [0.25, 0.3) is 0 Å². The van der Waals surface area contributed by atoms with Crippen molar-refractivity contribution in [2.45, 2.75) is 38.8 Å². The Morgan fingerprint density at radius 2 is 1.88 bits per heavy atom. The maximum atomic E-state index is 11.3. The molecule has 96 valence electrons. The Balaban J connectivity index is 4.51. The Hall–Kier alpha value is -0.650. The highest BCUT2D eigenvalue weighted by molar-refractivity contribution is 5.72. The molecule has 0 aromatic rings. The van der Waals surface area contributed by atoms with Crippen molar-refractivity contribution in [2.75, 3.05) is 20.3 Å². The Morgan fingerprint density at radius 1 is 1.38 bits per heavy atom. The first kappa shape index (κ1) is 15.3. The maximum Gasteiger partial charge on any atom is 0.309 e. The van der Waals surface area contributed by atoms with Crippen molar-refractivity contribution in [3.8, 4) is 0 Å². The number of rotatable bonds is 7. The van der Waals surface area contributed by atoms with E-state index in [4.69, 9.17) is 0 Å². The summed E-state index contributed by atoms with van der Waals surface area (Å²) in [5, 5.41) is 21.6. The summed E-state index contributed by atoms with van der Waals surface area (Å²) in [4.78, 5) is 11.3. The zero-order chi connectivity index (χ0) is 12.8. The van der Waals surface area contributed by atoms with Gasteiger partial charge in [-0.2, -0.15) is 0 Å². The molecule has 0 aliphatic heterocycles. The molecule has 5 nitrogen and oxygen atoms in total. The van der Waals surface area contributed by atoms with E-state index in [2.05, 4.69) is 10.1 Å². The third-order valence-corrected chi connectivity index (χ3v) is 3.14. The van der Waals surface area contributed by atoms with Crippen molar-refractivity contribution in [3.05, 3.63) is 0 Å². The summed E-state index contributed by atoms with van der Waals surface area (Å²) in [5.41, 5.74) is -0.734. The Kier molecular flexibility index (Phi) is 6.55. The highest BCUT2D eigenvalue weighted by atomic mass is 16.5. The average molecular weight is 233 g/mol. The van der Waals surface area contributed by atoms with Crippen LogP contribution in [0.4, 0.5) is 0 Å². The average Bonchev–Trinajstić information content (AvgIpc) is 2.33. The van der Waals surface area contributed by atoms with Gasteiger partial charge in [0.2, 0.25) is 0 Å². The Bertz CT molecular complexity index is 208. The molecule has 0 rings (SSSR count). The smallest absolute Gasteiger partial charge is 0.309 e. The molecule has 0 fully saturated rings. The first-order valence-electron chi connectivity index (χ1n) is 5.53. The van der Waals surface area contributed by atoms with Crippen LogP contribution in [-0.4, -0.2) is 48.1 Å². The Labute approximate surface area is 96.8 Å². The summed E-state index contributed by atoms with van der Waals surface area (Å²) in [6.45, 7) is 5.11. The summed E-state index contributed by atoms with van der Waals surface area (Å²) < 4.78 is 4.64. The van der Waals surface area contributed by atoms with Crippen LogP contribution in [0, 0.1) is 5.92 Å². The molecule has 0 amide bonds. The van der Waals surface area contributed by atoms with Crippen molar-refractivity contribution in [1.82, 2.24) is 5.32 Å². The van der Waals surface area contributed by atoms with E-state index in [9.17, 15) is 15.0 Å². The lowest BCUT2D eigenvalue weighted by atomic mass is 9.94. The molecule has 0 saturated carbocycles. The minimum Gasteiger partial charge on any atom is -0.469 e. The summed E-state index contributed by atoms with van der Waals surface area (Å²) in [6, 6.07) is -0.174. The largest absolute Gasteiger partial charge is 0.469 e. The second-order valence-electron chi connectivity index (χ2n) is 4.19. The van der Waals surface area contributed by atoms with Crippen molar-refractivity contribution in [1.29, 1.82) is 0 Å². The third-order valence-electron chi connectivity index (χ3n) is 3.14. The number of carbonyl (C=O) groups excluding carboxylic acids is 1. The van der Waals surface area contributed by atoms with Crippen molar-refractivity contribution >= 4 is 5.97 Å². The van der Waals surface area contributed by atoms with E-state index in [0.29, 0.717) is 6.42 Å². The second-order valence-corrected chi connectivity index (χ2v) is 4.19. The molecule has 2 atom stereocenters. The van der Waals surface area contributed by atoms with Crippen LogP contribution in [0.1, 0.15) is 27.2 Å². The topological polar surface area (TPSA) is 78.8 Å². The van der Waals surface area contributed by atoms with E-state index in [1.165, 1.54) is 7.11 Å². The number of hydrogen-bond acceptors (Lipinski definition) is 5. The number of hydrogen-bond donors (Lipinski definition) is 3. The lowest BCUT2D eigenvalue weighted by molar-refractivity contribution is -0.146. The molecule has 0 aliphatic carbocycles. The molecule has 0 heterocycles. The maximum absolute atomic E-state index is 11.3. The van der Waals surface area contributed by atoms with Crippen LogP contribution in [0.15, 0.2) is 0 Å². The zero-order valence-corrected chi connectivity index (χ0v) is 10.5. The minimum absolute atomic E-state index is 0.168. The number of methoxy groups -OCH3 is 1. The molecule has 0 bridgehead atoms. The van der Waals surface area contributed by atoms with E-state index < -0.39 is 5.54 Å². The van der Waals surface area contributed by atoms with E-state index in [1.807, 2.05) is 13.8 Å². The van der Waals surface area contributed by atoms with Crippen LogP contribution in [0.25, 0.3) is 0 Å². The second kappa shape index (κ2) is 6.83. The Morgan fingerprint density at radius 3 is 2.19 bits per heavy atom.